The van der Waals surface area contributed by atoms with Crippen LogP contribution in [-0.2, 0) is 11.3 Å². The molecule has 0 aliphatic rings. The highest BCUT2D eigenvalue weighted by molar-refractivity contribution is 7.10. The summed E-state index contributed by atoms with van der Waals surface area (Å²) in [6.45, 7) is 6.58. The molecule has 21 heavy (non-hydrogen) atoms. The molecule has 0 saturated heterocycles. The van der Waals surface area contributed by atoms with Gasteiger partial charge in [-0.15, -0.1) is 11.3 Å². The highest BCUT2D eigenvalue weighted by atomic mass is 32.1. The number of benzene rings is 1. The first-order valence-corrected chi connectivity index (χ1v) is 8.12. The van der Waals surface area contributed by atoms with Crippen molar-refractivity contribution >= 4 is 22.9 Å². The molecule has 112 valence electrons. The first-order chi connectivity index (χ1) is 10.1. The Morgan fingerprint density at radius 3 is 2.57 bits per heavy atom. The summed E-state index contributed by atoms with van der Waals surface area (Å²) in [4.78, 5) is 12.3. The lowest BCUT2D eigenvalue weighted by atomic mass is 10.0. The Morgan fingerprint density at radius 1 is 1.24 bits per heavy atom. The van der Waals surface area contributed by atoms with Crippen molar-refractivity contribution in [3.63, 3.8) is 0 Å². The smallest absolute Gasteiger partial charge is 0.221 e. The third-order valence-corrected chi connectivity index (χ3v) is 4.37. The molecule has 0 aliphatic heterocycles. The van der Waals surface area contributed by atoms with E-state index in [4.69, 9.17) is 0 Å². The van der Waals surface area contributed by atoms with Gasteiger partial charge in [0.25, 0.3) is 0 Å². The van der Waals surface area contributed by atoms with Gasteiger partial charge in [0.15, 0.2) is 0 Å². The van der Waals surface area contributed by atoms with Gasteiger partial charge in [-0.2, -0.15) is 0 Å². The van der Waals surface area contributed by atoms with Crippen LogP contribution in [0.4, 0.5) is 5.69 Å². The van der Waals surface area contributed by atoms with Crippen LogP contribution in [0.25, 0.3) is 0 Å². The monoisotopic (exact) mass is 302 g/mol. The van der Waals surface area contributed by atoms with Gasteiger partial charge in [0.1, 0.15) is 0 Å². The highest BCUT2D eigenvalue weighted by Crippen LogP contribution is 2.24. The average molecular weight is 302 g/mol. The lowest BCUT2D eigenvalue weighted by molar-refractivity contribution is -0.114. The predicted molar refractivity (Wildman–Crippen MR) is 89.7 cm³/mol. The molecule has 2 rings (SSSR count). The zero-order valence-electron chi connectivity index (χ0n) is 12.8. The van der Waals surface area contributed by atoms with E-state index < -0.39 is 0 Å². The van der Waals surface area contributed by atoms with Gasteiger partial charge in [0.05, 0.1) is 5.69 Å². The molecular formula is C17H22N2OS. The number of nitrogens with one attached hydrogen (secondary N) is 2. The summed E-state index contributed by atoms with van der Waals surface area (Å²) in [6.07, 6.45) is 1.03. The van der Waals surface area contributed by atoms with Crippen molar-refractivity contribution in [3.8, 4) is 0 Å². The molecule has 0 fully saturated rings. The Kier molecular flexibility index (Phi) is 5.53. The van der Waals surface area contributed by atoms with E-state index in [1.165, 1.54) is 18.1 Å². The quantitative estimate of drug-likeness (QED) is 0.837. The molecule has 0 spiro atoms. The summed E-state index contributed by atoms with van der Waals surface area (Å²) in [5.41, 5.74) is 3.50. The van der Waals surface area contributed by atoms with Gasteiger partial charge in [-0.25, -0.2) is 0 Å². The van der Waals surface area contributed by atoms with Crippen LogP contribution >= 0.6 is 11.3 Å². The molecule has 0 bridgehead atoms. The molecule has 0 aliphatic carbocycles. The number of rotatable bonds is 6. The summed E-state index contributed by atoms with van der Waals surface area (Å²) in [7, 11) is 0. The van der Waals surface area contributed by atoms with E-state index in [0.29, 0.717) is 6.04 Å². The Hall–Kier alpha value is -1.65. The molecule has 1 aromatic carbocycles. The predicted octanol–water partition coefficient (Wildman–Crippen LogP) is 4.26. The van der Waals surface area contributed by atoms with Crippen molar-refractivity contribution in [1.82, 2.24) is 5.32 Å². The van der Waals surface area contributed by atoms with Crippen LogP contribution < -0.4 is 10.6 Å². The molecule has 0 radical (unpaired) electrons. The number of amides is 1. The van der Waals surface area contributed by atoms with Crippen molar-refractivity contribution in [2.75, 3.05) is 5.32 Å². The van der Waals surface area contributed by atoms with Crippen LogP contribution in [0.2, 0.25) is 0 Å². The third kappa shape index (κ3) is 4.41. The van der Waals surface area contributed by atoms with E-state index in [-0.39, 0.29) is 5.91 Å². The Balaban J connectivity index is 2.02. The Labute approximate surface area is 130 Å². The first kappa shape index (κ1) is 15.7. The van der Waals surface area contributed by atoms with Crippen LogP contribution in [0.15, 0.2) is 35.7 Å². The van der Waals surface area contributed by atoms with Crippen LogP contribution in [0, 0.1) is 6.92 Å². The van der Waals surface area contributed by atoms with Crippen LogP contribution in [-0.4, -0.2) is 5.91 Å². The minimum atomic E-state index is -0.0276. The van der Waals surface area contributed by atoms with E-state index in [1.807, 2.05) is 11.4 Å². The number of carbonyl (C=O) groups excluding carboxylic acids is 1. The van der Waals surface area contributed by atoms with E-state index in [2.05, 4.69) is 48.7 Å². The van der Waals surface area contributed by atoms with Gasteiger partial charge >= 0.3 is 0 Å². The molecule has 0 saturated carbocycles. The number of anilines is 1. The normalized spacial score (nSPS) is 12.1. The fourth-order valence-corrected chi connectivity index (χ4v) is 3.07. The van der Waals surface area contributed by atoms with Crippen LogP contribution in [0.3, 0.4) is 0 Å². The minimum Gasteiger partial charge on any atom is -0.325 e. The fraction of sp³-hybridized carbons (Fsp3) is 0.353. The standard InChI is InChI=1S/C17H22N2OS/c1-4-15(14-7-5-12(2)6-8-14)18-11-17-16(9-10-21-17)19-13(3)20/h5-10,15,18H,4,11H2,1-3H3,(H,19,20). The number of carbonyl (C=O) groups is 1. The topological polar surface area (TPSA) is 41.1 Å². The van der Waals surface area contributed by atoms with Crippen molar-refractivity contribution in [3.05, 3.63) is 51.7 Å². The van der Waals surface area contributed by atoms with Gasteiger partial charge in [-0.1, -0.05) is 36.8 Å². The second-order valence-corrected chi connectivity index (χ2v) is 6.19. The van der Waals surface area contributed by atoms with Crippen LogP contribution in [0.1, 0.15) is 42.3 Å². The van der Waals surface area contributed by atoms with Gasteiger partial charge in [-0.3, -0.25) is 4.79 Å². The molecule has 1 heterocycles. The number of hydrogen-bond acceptors (Lipinski definition) is 3. The summed E-state index contributed by atoms with van der Waals surface area (Å²) in [6, 6.07) is 10.9. The molecule has 2 N–H and O–H groups in total. The van der Waals surface area contributed by atoms with Crippen molar-refractivity contribution in [2.45, 2.75) is 39.8 Å². The molecule has 1 unspecified atom stereocenters. The number of aryl methyl sites for hydroxylation is 1. The second-order valence-electron chi connectivity index (χ2n) is 5.19. The molecule has 2 aromatic rings. The molecular weight excluding hydrogens is 280 g/mol. The summed E-state index contributed by atoms with van der Waals surface area (Å²) >= 11 is 1.66. The van der Waals surface area contributed by atoms with Crippen molar-refractivity contribution < 1.29 is 4.79 Å². The van der Waals surface area contributed by atoms with Crippen molar-refractivity contribution in [2.24, 2.45) is 0 Å². The summed E-state index contributed by atoms with van der Waals surface area (Å²) in [5.74, 6) is -0.0276. The fourth-order valence-electron chi connectivity index (χ4n) is 2.29. The van der Waals surface area contributed by atoms with E-state index in [9.17, 15) is 4.79 Å². The largest absolute Gasteiger partial charge is 0.325 e. The minimum absolute atomic E-state index is 0.0276. The van der Waals surface area contributed by atoms with Gasteiger partial charge in [-0.05, 0) is 30.4 Å². The first-order valence-electron chi connectivity index (χ1n) is 7.24. The number of thiophene rings is 1. The van der Waals surface area contributed by atoms with Crippen molar-refractivity contribution in [1.29, 1.82) is 0 Å². The summed E-state index contributed by atoms with van der Waals surface area (Å²) < 4.78 is 0. The van der Waals surface area contributed by atoms with Gasteiger partial charge in [0.2, 0.25) is 5.91 Å². The van der Waals surface area contributed by atoms with Gasteiger partial charge in [0, 0.05) is 24.4 Å². The zero-order valence-corrected chi connectivity index (χ0v) is 13.6. The Morgan fingerprint density at radius 2 is 1.95 bits per heavy atom. The molecule has 3 nitrogen and oxygen atoms in total. The maximum atomic E-state index is 11.2. The van der Waals surface area contributed by atoms with E-state index >= 15 is 0 Å². The second kappa shape index (κ2) is 7.38. The third-order valence-electron chi connectivity index (χ3n) is 3.45. The lowest BCUT2D eigenvalue weighted by Gasteiger charge is -2.18. The average Bonchev–Trinajstić information content (AvgIpc) is 2.88. The maximum Gasteiger partial charge on any atom is 0.221 e. The van der Waals surface area contributed by atoms with Gasteiger partial charge < -0.3 is 10.6 Å². The van der Waals surface area contributed by atoms with E-state index in [1.54, 1.807) is 11.3 Å². The number of hydrogen-bond donors (Lipinski definition) is 2. The van der Waals surface area contributed by atoms with Crippen LogP contribution in [0.5, 0.6) is 0 Å². The SMILES string of the molecule is CCC(NCc1sccc1NC(C)=O)c1ccc(C)cc1. The highest BCUT2D eigenvalue weighted by Gasteiger charge is 2.11. The molecule has 1 aromatic heterocycles. The summed E-state index contributed by atoms with van der Waals surface area (Å²) in [5, 5.41) is 8.46. The molecule has 4 heteroatoms. The zero-order chi connectivity index (χ0) is 15.2. The molecule has 1 atom stereocenters. The van der Waals surface area contributed by atoms with E-state index in [0.717, 1.165) is 23.5 Å². The lowest BCUT2D eigenvalue weighted by Crippen LogP contribution is -2.20. The Bertz CT molecular complexity index is 589. The molecule has 1 amide bonds. The maximum absolute atomic E-state index is 11.2.